The Kier molecular flexibility index (Phi) is 4.46. The monoisotopic (exact) mass is 303 g/mol. The van der Waals surface area contributed by atoms with E-state index in [4.69, 9.17) is 4.74 Å². The Balaban J connectivity index is 1.44. The molecule has 0 bridgehead atoms. The second-order valence-electron chi connectivity index (χ2n) is 5.75. The third kappa shape index (κ3) is 3.50. The van der Waals surface area contributed by atoms with Crippen molar-refractivity contribution in [2.75, 3.05) is 13.1 Å². The number of hydrogen-bond acceptors (Lipinski definition) is 3. The predicted octanol–water partition coefficient (Wildman–Crippen LogP) is 0.958. The fourth-order valence-electron chi connectivity index (χ4n) is 2.86. The fraction of sp³-hybridized carbons (Fsp3) is 0.500. The van der Waals surface area contributed by atoms with Crippen LogP contribution in [0.2, 0.25) is 0 Å². The van der Waals surface area contributed by atoms with E-state index >= 15 is 0 Å². The number of fused-ring (bicyclic) bond motifs is 1. The van der Waals surface area contributed by atoms with Crippen LogP contribution in [0.3, 0.4) is 0 Å². The van der Waals surface area contributed by atoms with Gasteiger partial charge in [0.25, 0.3) is 0 Å². The van der Waals surface area contributed by atoms with E-state index < -0.39 is 6.04 Å². The molecule has 2 atom stereocenters. The third-order valence-corrected chi connectivity index (χ3v) is 4.04. The molecule has 2 unspecified atom stereocenters. The van der Waals surface area contributed by atoms with Crippen molar-refractivity contribution in [1.82, 2.24) is 16.0 Å². The molecule has 0 aliphatic carbocycles. The zero-order chi connectivity index (χ0) is 15.4. The van der Waals surface area contributed by atoms with Crippen LogP contribution in [0.4, 0.5) is 4.79 Å². The van der Waals surface area contributed by atoms with Crippen LogP contribution in [0.25, 0.3) is 0 Å². The zero-order valence-corrected chi connectivity index (χ0v) is 12.4. The first-order valence-corrected chi connectivity index (χ1v) is 7.79. The van der Waals surface area contributed by atoms with Gasteiger partial charge in [0.1, 0.15) is 17.9 Å². The van der Waals surface area contributed by atoms with Crippen molar-refractivity contribution in [3.63, 3.8) is 0 Å². The number of carbonyl (C=O) groups excluding carboxylic acids is 2. The normalized spacial score (nSPS) is 23.7. The minimum atomic E-state index is -0.441. The highest BCUT2D eigenvalue weighted by Gasteiger charge is 2.25. The first-order valence-electron chi connectivity index (χ1n) is 7.79. The van der Waals surface area contributed by atoms with Crippen LogP contribution >= 0.6 is 0 Å². The van der Waals surface area contributed by atoms with Crippen LogP contribution in [0.15, 0.2) is 24.3 Å². The number of hydrogen-bond donors (Lipinski definition) is 3. The molecule has 1 fully saturated rings. The molecule has 2 aliphatic heterocycles. The summed E-state index contributed by atoms with van der Waals surface area (Å²) in [7, 11) is 0. The standard InChI is InChI=1S/C16H21N3O3/c20-15-13(6-3-4-8-17-15)19-16(21)18-10-12-9-11-5-1-2-7-14(11)22-12/h1-2,5,7,12-13H,3-4,6,8-10H2,(H,17,20)(H2,18,19,21). The predicted molar refractivity (Wildman–Crippen MR) is 81.7 cm³/mol. The van der Waals surface area contributed by atoms with Crippen LogP contribution < -0.4 is 20.7 Å². The average Bonchev–Trinajstić information content (AvgIpc) is 2.83. The summed E-state index contributed by atoms with van der Waals surface area (Å²) in [4.78, 5) is 23.7. The molecule has 3 rings (SSSR count). The molecule has 0 radical (unpaired) electrons. The molecule has 118 valence electrons. The Bertz CT molecular complexity index is 536. The summed E-state index contributed by atoms with van der Waals surface area (Å²) in [5.74, 6) is 0.787. The molecule has 6 heteroatoms. The summed E-state index contributed by atoms with van der Waals surface area (Å²) >= 11 is 0. The first kappa shape index (κ1) is 14.7. The lowest BCUT2D eigenvalue weighted by atomic mass is 10.1. The Labute approximate surface area is 129 Å². The van der Waals surface area contributed by atoms with E-state index in [1.807, 2.05) is 24.3 Å². The number of para-hydroxylation sites is 1. The SMILES string of the molecule is O=C(NCC1Cc2ccccc2O1)NC1CCCCNC1=O. The highest BCUT2D eigenvalue weighted by molar-refractivity contribution is 5.87. The summed E-state index contributed by atoms with van der Waals surface area (Å²) in [5, 5.41) is 8.33. The van der Waals surface area contributed by atoms with Crippen molar-refractivity contribution in [2.45, 2.75) is 37.8 Å². The molecule has 2 heterocycles. The Morgan fingerprint density at radius 1 is 1.32 bits per heavy atom. The highest BCUT2D eigenvalue weighted by Crippen LogP contribution is 2.27. The molecule has 3 amide bonds. The summed E-state index contributed by atoms with van der Waals surface area (Å²) in [5.41, 5.74) is 1.16. The van der Waals surface area contributed by atoms with Crippen molar-refractivity contribution in [1.29, 1.82) is 0 Å². The number of urea groups is 1. The molecule has 1 aromatic carbocycles. The van der Waals surface area contributed by atoms with Crippen molar-refractivity contribution in [3.8, 4) is 5.75 Å². The maximum absolute atomic E-state index is 11.9. The summed E-state index contributed by atoms with van der Waals surface area (Å²) in [6, 6.07) is 7.13. The molecule has 2 aliphatic rings. The van der Waals surface area contributed by atoms with E-state index in [2.05, 4.69) is 16.0 Å². The van der Waals surface area contributed by atoms with Crippen LogP contribution in [-0.4, -0.2) is 37.2 Å². The summed E-state index contributed by atoms with van der Waals surface area (Å²) in [6.07, 6.45) is 3.32. The van der Waals surface area contributed by atoms with Gasteiger partial charge in [0.2, 0.25) is 5.91 Å². The number of benzene rings is 1. The quantitative estimate of drug-likeness (QED) is 0.778. The molecular weight excluding hydrogens is 282 g/mol. The van der Waals surface area contributed by atoms with Gasteiger partial charge in [-0.2, -0.15) is 0 Å². The van der Waals surface area contributed by atoms with Gasteiger partial charge in [0.05, 0.1) is 6.54 Å². The van der Waals surface area contributed by atoms with E-state index in [0.717, 1.165) is 30.6 Å². The highest BCUT2D eigenvalue weighted by atomic mass is 16.5. The largest absolute Gasteiger partial charge is 0.488 e. The number of rotatable bonds is 3. The topological polar surface area (TPSA) is 79.5 Å². The average molecular weight is 303 g/mol. The van der Waals surface area contributed by atoms with Gasteiger partial charge in [-0.25, -0.2) is 4.79 Å². The zero-order valence-electron chi connectivity index (χ0n) is 12.4. The van der Waals surface area contributed by atoms with Crippen LogP contribution in [-0.2, 0) is 11.2 Å². The van der Waals surface area contributed by atoms with E-state index in [9.17, 15) is 9.59 Å². The van der Waals surface area contributed by atoms with Gasteiger partial charge >= 0.3 is 6.03 Å². The molecule has 6 nitrogen and oxygen atoms in total. The minimum absolute atomic E-state index is 0.0499. The van der Waals surface area contributed by atoms with Gasteiger partial charge in [-0.05, 0) is 30.9 Å². The fourth-order valence-corrected chi connectivity index (χ4v) is 2.86. The third-order valence-electron chi connectivity index (χ3n) is 4.04. The van der Waals surface area contributed by atoms with Gasteiger partial charge in [-0.1, -0.05) is 18.2 Å². The van der Waals surface area contributed by atoms with E-state index in [0.29, 0.717) is 19.5 Å². The van der Waals surface area contributed by atoms with Crippen LogP contribution in [0, 0.1) is 0 Å². The smallest absolute Gasteiger partial charge is 0.315 e. The van der Waals surface area contributed by atoms with Crippen molar-refractivity contribution < 1.29 is 14.3 Å². The van der Waals surface area contributed by atoms with E-state index in [1.54, 1.807) is 0 Å². The molecule has 3 N–H and O–H groups in total. The van der Waals surface area contributed by atoms with Crippen molar-refractivity contribution >= 4 is 11.9 Å². The van der Waals surface area contributed by atoms with Crippen LogP contribution in [0.1, 0.15) is 24.8 Å². The summed E-state index contributed by atoms with van der Waals surface area (Å²) < 4.78 is 5.77. The van der Waals surface area contributed by atoms with Crippen molar-refractivity contribution in [2.24, 2.45) is 0 Å². The lowest BCUT2D eigenvalue weighted by molar-refractivity contribution is -0.122. The van der Waals surface area contributed by atoms with Gasteiger partial charge < -0.3 is 20.7 Å². The number of ether oxygens (including phenoxy) is 1. The number of amides is 3. The van der Waals surface area contributed by atoms with Gasteiger partial charge in [0.15, 0.2) is 0 Å². The molecule has 0 saturated carbocycles. The molecular formula is C16H21N3O3. The Hall–Kier alpha value is -2.24. The molecule has 1 saturated heterocycles. The maximum atomic E-state index is 11.9. The molecule has 1 aromatic rings. The van der Waals surface area contributed by atoms with Gasteiger partial charge in [0, 0.05) is 13.0 Å². The maximum Gasteiger partial charge on any atom is 0.315 e. The molecule has 22 heavy (non-hydrogen) atoms. The Morgan fingerprint density at radius 3 is 3.05 bits per heavy atom. The Morgan fingerprint density at radius 2 is 2.18 bits per heavy atom. The van der Waals surface area contributed by atoms with E-state index in [-0.39, 0.29) is 18.0 Å². The second-order valence-corrected chi connectivity index (χ2v) is 5.75. The van der Waals surface area contributed by atoms with Crippen molar-refractivity contribution in [3.05, 3.63) is 29.8 Å². The van der Waals surface area contributed by atoms with Crippen LogP contribution in [0.5, 0.6) is 5.75 Å². The lowest BCUT2D eigenvalue weighted by Gasteiger charge is -2.17. The van der Waals surface area contributed by atoms with Gasteiger partial charge in [-0.15, -0.1) is 0 Å². The molecule has 0 aromatic heterocycles. The minimum Gasteiger partial charge on any atom is -0.488 e. The summed E-state index contributed by atoms with van der Waals surface area (Å²) in [6.45, 7) is 1.11. The van der Waals surface area contributed by atoms with Gasteiger partial charge in [-0.3, -0.25) is 4.79 Å². The first-order chi connectivity index (χ1) is 10.7. The number of nitrogens with one attached hydrogen (secondary N) is 3. The lowest BCUT2D eigenvalue weighted by Crippen LogP contribution is -2.50. The second kappa shape index (κ2) is 6.68. The number of carbonyl (C=O) groups is 2. The molecule has 0 spiro atoms. The van der Waals surface area contributed by atoms with E-state index in [1.165, 1.54) is 0 Å².